The molecule has 14 heavy (non-hydrogen) atoms. The molecule has 4 nitrogen and oxygen atoms in total. The molecule has 1 amide bonds. The van der Waals surface area contributed by atoms with Crippen molar-refractivity contribution in [3.8, 4) is 0 Å². The van der Waals surface area contributed by atoms with E-state index in [1.54, 1.807) is 12.1 Å². The molecule has 0 saturated carbocycles. The highest BCUT2D eigenvalue weighted by molar-refractivity contribution is 5.79. The van der Waals surface area contributed by atoms with Crippen LogP contribution in [0.15, 0.2) is 30.3 Å². The van der Waals surface area contributed by atoms with Gasteiger partial charge in [-0.1, -0.05) is 30.3 Å². The Labute approximate surface area is 82.0 Å². The average molecular weight is 195 g/mol. The zero-order valence-electron chi connectivity index (χ0n) is 7.63. The van der Waals surface area contributed by atoms with Crippen LogP contribution in [0.1, 0.15) is 5.56 Å². The molecule has 0 aliphatic rings. The van der Waals surface area contributed by atoms with Crippen molar-refractivity contribution in [3.63, 3.8) is 0 Å². The van der Waals surface area contributed by atoms with Crippen molar-refractivity contribution in [2.24, 2.45) is 5.73 Å². The van der Waals surface area contributed by atoms with Gasteiger partial charge in [-0.05, 0) is 5.56 Å². The molecule has 4 heteroatoms. The monoisotopic (exact) mass is 195 g/mol. The molecule has 0 aromatic heterocycles. The SMILES string of the molecule is NC(=O)C(O)C(O)Cc1ccccc1. The normalized spacial score (nSPS) is 14.7. The van der Waals surface area contributed by atoms with Gasteiger partial charge in [0.1, 0.15) is 0 Å². The first-order valence-electron chi connectivity index (χ1n) is 4.30. The summed E-state index contributed by atoms with van der Waals surface area (Å²) >= 11 is 0. The van der Waals surface area contributed by atoms with Gasteiger partial charge in [0.15, 0.2) is 6.10 Å². The third kappa shape index (κ3) is 2.83. The smallest absolute Gasteiger partial charge is 0.248 e. The van der Waals surface area contributed by atoms with Crippen molar-refractivity contribution in [2.75, 3.05) is 0 Å². The molecule has 0 heterocycles. The second-order valence-corrected chi connectivity index (χ2v) is 3.10. The number of carbonyl (C=O) groups is 1. The number of aliphatic hydroxyl groups is 2. The predicted octanol–water partition coefficient (Wildman–Crippen LogP) is -0.564. The summed E-state index contributed by atoms with van der Waals surface area (Å²) in [6, 6.07) is 9.09. The summed E-state index contributed by atoms with van der Waals surface area (Å²) in [5.41, 5.74) is 5.69. The number of hydrogen-bond acceptors (Lipinski definition) is 3. The fourth-order valence-corrected chi connectivity index (χ4v) is 1.16. The zero-order valence-corrected chi connectivity index (χ0v) is 7.63. The summed E-state index contributed by atoms with van der Waals surface area (Å²) < 4.78 is 0. The number of primary amides is 1. The van der Waals surface area contributed by atoms with Crippen LogP contribution in [0.5, 0.6) is 0 Å². The van der Waals surface area contributed by atoms with Gasteiger partial charge in [-0.25, -0.2) is 0 Å². The molecule has 0 aliphatic heterocycles. The Bertz CT molecular complexity index is 299. The number of hydrogen-bond donors (Lipinski definition) is 3. The van der Waals surface area contributed by atoms with Crippen LogP contribution in [0.25, 0.3) is 0 Å². The van der Waals surface area contributed by atoms with Crippen LogP contribution in [-0.4, -0.2) is 28.3 Å². The lowest BCUT2D eigenvalue weighted by Gasteiger charge is -2.14. The lowest BCUT2D eigenvalue weighted by molar-refractivity contribution is -0.131. The van der Waals surface area contributed by atoms with Crippen LogP contribution in [0.4, 0.5) is 0 Å². The van der Waals surface area contributed by atoms with Gasteiger partial charge >= 0.3 is 0 Å². The standard InChI is InChI=1S/C10H13NO3/c11-10(14)9(13)8(12)6-7-4-2-1-3-5-7/h1-5,8-9,12-13H,6H2,(H2,11,14). The molecule has 4 N–H and O–H groups in total. The van der Waals surface area contributed by atoms with Crippen molar-refractivity contribution in [2.45, 2.75) is 18.6 Å². The van der Waals surface area contributed by atoms with Crippen LogP contribution < -0.4 is 5.73 Å². The van der Waals surface area contributed by atoms with Crippen LogP contribution in [0.2, 0.25) is 0 Å². The molecule has 1 aromatic carbocycles. The van der Waals surface area contributed by atoms with E-state index in [9.17, 15) is 9.90 Å². The Morgan fingerprint density at radius 3 is 2.36 bits per heavy atom. The molecule has 0 radical (unpaired) electrons. The highest BCUT2D eigenvalue weighted by atomic mass is 16.3. The molecule has 0 spiro atoms. The first-order chi connectivity index (χ1) is 6.61. The van der Waals surface area contributed by atoms with E-state index < -0.39 is 18.1 Å². The largest absolute Gasteiger partial charge is 0.390 e. The Morgan fingerprint density at radius 2 is 1.86 bits per heavy atom. The van der Waals surface area contributed by atoms with E-state index in [4.69, 9.17) is 10.8 Å². The first-order valence-corrected chi connectivity index (χ1v) is 4.30. The van der Waals surface area contributed by atoms with Gasteiger partial charge in [-0.2, -0.15) is 0 Å². The number of amides is 1. The highest BCUT2D eigenvalue weighted by Gasteiger charge is 2.21. The van der Waals surface area contributed by atoms with Crippen LogP contribution in [-0.2, 0) is 11.2 Å². The Balaban J connectivity index is 2.57. The maximum atomic E-state index is 10.5. The van der Waals surface area contributed by atoms with Gasteiger partial charge in [0.2, 0.25) is 5.91 Å². The lowest BCUT2D eigenvalue weighted by atomic mass is 10.0. The lowest BCUT2D eigenvalue weighted by Crippen LogP contribution is -2.39. The maximum Gasteiger partial charge on any atom is 0.248 e. The maximum absolute atomic E-state index is 10.5. The van der Waals surface area contributed by atoms with Gasteiger partial charge in [0.05, 0.1) is 6.10 Å². The Morgan fingerprint density at radius 1 is 1.29 bits per heavy atom. The first kappa shape index (κ1) is 10.7. The average Bonchev–Trinajstić information content (AvgIpc) is 2.18. The molecule has 76 valence electrons. The molecular weight excluding hydrogens is 182 g/mol. The number of carbonyl (C=O) groups excluding carboxylic acids is 1. The summed E-state index contributed by atoms with van der Waals surface area (Å²) in [6.07, 6.45) is -2.43. The molecular formula is C10H13NO3. The van der Waals surface area contributed by atoms with E-state index in [0.717, 1.165) is 5.56 Å². The van der Waals surface area contributed by atoms with Gasteiger partial charge in [0, 0.05) is 6.42 Å². The molecule has 2 unspecified atom stereocenters. The van der Waals surface area contributed by atoms with Gasteiger partial charge in [-0.15, -0.1) is 0 Å². The third-order valence-corrected chi connectivity index (χ3v) is 1.94. The van der Waals surface area contributed by atoms with Crippen LogP contribution >= 0.6 is 0 Å². The fraction of sp³-hybridized carbons (Fsp3) is 0.300. The van der Waals surface area contributed by atoms with Gasteiger partial charge < -0.3 is 15.9 Å². The Kier molecular flexibility index (Phi) is 3.62. The van der Waals surface area contributed by atoms with Crippen molar-refractivity contribution < 1.29 is 15.0 Å². The summed E-state index contributed by atoms with van der Waals surface area (Å²) in [7, 11) is 0. The molecule has 0 bridgehead atoms. The van der Waals surface area contributed by atoms with E-state index in [0.29, 0.717) is 0 Å². The molecule has 0 aliphatic carbocycles. The third-order valence-electron chi connectivity index (χ3n) is 1.94. The van der Waals surface area contributed by atoms with E-state index in [1.165, 1.54) is 0 Å². The molecule has 0 saturated heterocycles. The number of aliphatic hydroxyl groups excluding tert-OH is 2. The minimum Gasteiger partial charge on any atom is -0.390 e. The summed E-state index contributed by atoms with van der Waals surface area (Å²) in [5, 5.41) is 18.5. The van der Waals surface area contributed by atoms with Crippen molar-refractivity contribution in [1.29, 1.82) is 0 Å². The highest BCUT2D eigenvalue weighted by Crippen LogP contribution is 2.05. The number of rotatable bonds is 4. The van der Waals surface area contributed by atoms with Crippen LogP contribution in [0.3, 0.4) is 0 Å². The zero-order chi connectivity index (χ0) is 10.6. The Hall–Kier alpha value is -1.39. The van der Waals surface area contributed by atoms with Gasteiger partial charge in [-0.3, -0.25) is 4.79 Å². The predicted molar refractivity (Wildman–Crippen MR) is 51.4 cm³/mol. The van der Waals surface area contributed by atoms with Crippen molar-refractivity contribution in [3.05, 3.63) is 35.9 Å². The fourth-order valence-electron chi connectivity index (χ4n) is 1.16. The second-order valence-electron chi connectivity index (χ2n) is 3.10. The number of benzene rings is 1. The van der Waals surface area contributed by atoms with E-state index in [2.05, 4.69) is 0 Å². The van der Waals surface area contributed by atoms with E-state index in [1.807, 2.05) is 18.2 Å². The van der Waals surface area contributed by atoms with Crippen LogP contribution in [0, 0.1) is 0 Å². The minimum atomic E-state index is -1.50. The van der Waals surface area contributed by atoms with Crippen molar-refractivity contribution in [1.82, 2.24) is 0 Å². The molecule has 1 rings (SSSR count). The van der Waals surface area contributed by atoms with Gasteiger partial charge in [0.25, 0.3) is 0 Å². The van der Waals surface area contributed by atoms with E-state index >= 15 is 0 Å². The van der Waals surface area contributed by atoms with Crippen molar-refractivity contribution >= 4 is 5.91 Å². The summed E-state index contributed by atoms with van der Waals surface area (Å²) in [6.45, 7) is 0. The van der Waals surface area contributed by atoms with E-state index in [-0.39, 0.29) is 6.42 Å². The molecule has 1 aromatic rings. The number of nitrogens with two attached hydrogens (primary N) is 1. The quantitative estimate of drug-likeness (QED) is 0.602. The molecule has 2 atom stereocenters. The second kappa shape index (κ2) is 4.74. The summed E-state index contributed by atoms with van der Waals surface area (Å²) in [5.74, 6) is -0.909. The minimum absolute atomic E-state index is 0.213. The summed E-state index contributed by atoms with van der Waals surface area (Å²) in [4.78, 5) is 10.5. The topological polar surface area (TPSA) is 83.6 Å². The molecule has 0 fully saturated rings.